The van der Waals surface area contributed by atoms with Crippen molar-refractivity contribution in [2.45, 2.75) is 124 Å². The third-order valence-corrected chi connectivity index (χ3v) is 18.5. The predicted octanol–water partition coefficient (Wildman–Crippen LogP) is 11.7. The van der Waals surface area contributed by atoms with Gasteiger partial charge in [0.15, 0.2) is 0 Å². The molecule has 10 aromatic rings. The second kappa shape index (κ2) is 33.7. The van der Waals surface area contributed by atoms with E-state index in [0.717, 1.165) is 53.4 Å². The van der Waals surface area contributed by atoms with Crippen LogP contribution in [0.1, 0.15) is 124 Å². The maximum Gasteiger partial charge on any atom is 2.00 e. The van der Waals surface area contributed by atoms with Gasteiger partial charge in [-0.3, -0.25) is 15.1 Å². The first-order valence-corrected chi connectivity index (χ1v) is 31.2. The average molecular weight is 1340 g/mol. The molecule has 0 fully saturated rings. The van der Waals surface area contributed by atoms with E-state index in [0.29, 0.717) is 0 Å². The van der Waals surface area contributed by atoms with Gasteiger partial charge in [0, 0.05) is 52.4 Å². The first-order chi connectivity index (χ1) is 39.0. The van der Waals surface area contributed by atoms with Crippen molar-refractivity contribution in [3.05, 3.63) is 264 Å². The summed E-state index contributed by atoms with van der Waals surface area (Å²) in [6, 6.07) is 78.4. The summed E-state index contributed by atoms with van der Waals surface area (Å²) in [5.74, 6) is -1.08. The van der Waals surface area contributed by atoms with Crippen LogP contribution in [-0.2, 0) is 59.8 Å². The number of carboxylic acids is 1. The number of aromatic nitrogens is 6. The van der Waals surface area contributed by atoms with E-state index in [1.807, 2.05) is 30.6 Å². The molecule has 432 valence electrons. The number of hydrogen-bond acceptors (Lipinski definition) is 6. The minimum Gasteiger partial charge on any atom is -0.573 e. The molecular weight excluding hydrogens is 1260 g/mol. The Kier molecular flexibility index (Phi) is 28.3. The molecule has 0 spiro atoms. The fourth-order valence-electron chi connectivity index (χ4n) is 8.39. The van der Waals surface area contributed by atoms with E-state index in [4.69, 9.17) is 9.90 Å². The van der Waals surface area contributed by atoms with Crippen LogP contribution >= 0.6 is 15.8 Å². The zero-order valence-electron chi connectivity index (χ0n) is 51.6. The number of benzene rings is 6. The van der Waals surface area contributed by atoms with E-state index >= 15 is 0 Å². The van der Waals surface area contributed by atoms with Gasteiger partial charge in [-0.15, -0.1) is 5.56 Å². The summed E-state index contributed by atoms with van der Waals surface area (Å²) in [7, 11) is -1.11. The van der Waals surface area contributed by atoms with Gasteiger partial charge in [0.2, 0.25) is 0 Å². The number of nitrogens with zero attached hydrogens (tertiary/aromatic N) is 5. The van der Waals surface area contributed by atoms with E-state index < -0.39 is 13.9 Å². The molecule has 6 aromatic carbocycles. The minimum absolute atomic E-state index is 0. The van der Waals surface area contributed by atoms with Gasteiger partial charge < -0.3 is 20.1 Å². The Morgan fingerprint density at radius 3 is 1.40 bits per heavy atom. The van der Waals surface area contributed by atoms with E-state index in [9.17, 15) is 0 Å². The van der Waals surface area contributed by atoms with Crippen LogP contribution in [0.5, 0.6) is 0 Å². The Morgan fingerprint density at radius 2 is 0.988 bits per heavy atom. The summed E-state index contributed by atoms with van der Waals surface area (Å²) in [6.45, 7) is 27.1. The number of carboxylic acid groups (broad SMARTS) is 1. The zero-order chi connectivity index (χ0) is 59.3. The second-order valence-electron chi connectivity index (χ2n) is 24.2. The van der Waals surface area contributed by atoms with Crippen molar-refractivity contribution in [2.75, 3.05) is 0 Å². The van der Waals surface area contributed by atoms with Crippen molar-refractivity contribution in [1.29, 1.82) is 0 Å². The number of hydrogen-bond donors (Lipinski definition) is 1. The number of carbonyl (C=O) groups excluding carboxylic acids is 1. The standard InChI is InChI=1S/C19H17P.C19H16P.C16H23N3.C16H22N3.C2H4O2.Na.Pt/c2*1-4-10-17(11-5-1)16-20(18-12-6-2-7-13-18)19-14-8-3-9-15-19;2*1-15(2,3)11-7-8-17-12(9-11)13-10-14(19-18-13)16(4,5)6;1-2(3)4;;/h1-15H,16H2;1-10,12-15H,16H2;7-10H,1-6H3,(H,18,19);7-10H,1-6H3;1H3,(H,3,4);;/q;-1;;-1;;+1;+2. The van der Waals surface area contributed by atoms with Crippen LogP contribution in [0, 0.1) is 6.07 Å². The van der Waals surface area contributed by atoms with Gasteiger partial charge in [0.05, 0.1) is 30.4 Å². The van der Waals surface area contributed by atoms with Crippen molar-refractivity contribution in [3.8, 4) is 22.8 Å². The normalized spacial score (nSPS) is 11.1. The van der Waals surface area contributed by atoms with Crippen LogP contribution in [0.25, 0.3) is 22.8 Å². The number of nitrogens with one attached hydrogen (secondary N) is 1. The third kappa shape index (κ3) is 23.1. The molecule has 0 saturated heterocycles. The van der Waals surface area contributed by atoms with Crippen molar-refractivity contribution >= 4 is 43.0 Å². The van der Waals surface area contributed by atoms with Crippen LogP contribution < -0.4 is 61.0 Å². The summed E-state index contributed by atoms with van der Waals surface area (Å²) in [4.78, 5) is 17.7. The molecular formula is C72H82N6NaO2P2Pt+. The maximum atomic E-state index is 8.89. The van der Waals surface area contributed by atoms with Crippen LogP contribution in [0.4, 0.5) is 0 Å². The molecule has 0 aliphatic heterocycles. The summed E-state index contributed by atoms with van der Waals surface area (Å²) in [5, 5.41) is 30.7. The molecule has 0 aliphatic rings. The minimum atomic E-state index is -1.08. The molecule has 0 saturated carbocycles. The summed E-state index contributed by atoms with van der Waals surface area (Å²) in [5.41, 5.74) is 11.3. The van der Waals surface area contributed by atoms with E-state index in [2.05, 4.69) is 314 Å². The van der Waals surface area contributed by atoms with Crippen molar-refractivity contribution in [2.24, 2.45) is 0 Å². The second-order valence-corrected chi connectivity index (χ2v) is 28.8. The van der Waals surface area contributed by atoms with Gasteiger partial charge in [-0.25, -0.2) is 0 Å². The van der Waals surface area contributed by atoms with Crippen LogP contribution in [0.3, 0.4) is 0 Å². The molecule has 0 bridgehead atoms. The molecule has 4 heterocycles. The molecule has 0 aliphatic carbocycles. The van der Waals surface area contributed by atoms with Gasteiger partial charge in [-0.2, -0.15) is 35.4 Å². The average Bonchev–Trinajstić information content (AvgIpc) is 4.40. The summed E-state index contributed by atoms with van der Waals surface area (Å²) < 4.78 is 0. The molecule has 1 N–H and O–H groups in total. The molecule has 0 amide bonds. The first kappa shape index (κ1) is 70.5. The third-order valence-electron chi connectivity index (χ3n) is 13.2. The van der Waals surface area contributed by atoms with Gasteiger partial charge in [-0.1, -0.05) is 222 Å². The molecule has 0 unspecified atom stereocenters. The molecule has 12 heteroatoms. The Labute approximate surface area is 540 Å². The van der Waals surface area contributed by atoms with Gasteiger partial charge >= 0.3 is 50.6 Å². The molecule has 84 heavy (non-hydrogen) atoms. The smallest absolute Gasteiger partial charge is 0.573 e. The van der Waals surface area contributed by atoms with Crippen molar-refractivity contribution < 1.29 is 60.5 Å². The molecule has 10 rings (SSSR count). The number of aromatic amines is 1. The summed E-state index contributed by atoms with van der Waals surface area (Å²) in [6.07, 6.45) is 5.90. The topological polar surface area (TPSA) is 122 Å². The number of H-pyrrole nitrogens is 1. The molecule has 8 nitrogen and oxygen atoms in total. The van der Waals surface area contributed by atoms with E-state index in [1.165, 1.54) is 43.5 Å². The fourth-order valence-corrected chi connectivity index (χ4v) is 13.2. The van der Waals surface area contributed by atoms with Crippen LogP contribution in [0.15, 0.2) is 225 Å². The van der Waals surface area contributed by atoms with Crippen LogP contribution in [-0.4, -0.2) is 31.2 Å². The van der Waals surface area contributed by atoms with Crippen molar-refractivity contribution in [3.63, 3.8) is 0 Å². The number of carbonyl (C=O) groups is 1. The number of rotatable bonds is 10. The zero-order valence-corrected chi connectivity index (χ0v) is 57.8. The molecule has 4 aromatic heterocycles. The monoisotopic (exact) mass is 1340 g/mol. The van der Waals surface area contributed by atoms with Crippen molar-refractivity contribution in [1.82, 2.24) is 30.4 Å². The Bertz CT molecular complexity index is 3140. The Morgan fingerprint density at radius 1 is 0.548 bits per heavy atom. The maximum absolute atomic E-state index is 8.89. The number of pyridine rings is 2. The van der Waals surface area contributed by atoms with Gasteiger partial charge in [0.1, 0.15) is 5.69 Å². The molecule has 0 radical (unpaired) electrons. The quantitative estimate of drug-likeness (QED) is 0.0822. The van der Waals surface area contributed by atoms with Gasteiger partial charge in [-0.05, 0) is 108 Å². The Hall–Kier alpha value is -5.94. The SMILES string of the molecule is CC(=O)[O-].CC(C)(C)c1ccnc(-c2cc(C(C)(C)C)[nH]n2)c1.CC(C)(C)c1ccnc(-c2cc(C(C)(C)C)n[n-]2)c1.[Na+].[Pt+2].[c-]1ccccc1C[PH+](c1ccccc1)c1ccccc1.c1ccc(CP(c2ccccc2)c2ccccc2)cc1. The van der Waals surface area contributed by atoms with Gasteiger partial charge in [0.25, 0.3) is 0 Å². The first-order valence-electron chi connectivity index (χ1n) is 28.0. The fraction of sp³-hybridized carbons (Fsp3) is 0.264. The Balaban J connectivity index is 0.000000233. The summed E-state index contributed by atoms with van der Waals surface area (Å²) >= 11 is 0. The van der Waals surface area contributed by atoms with Crippen LogP contribution in [0.2, 0.25) is 0 Å². The predicted molar refractivity (Wildman–Crippen MR) is 347 cm³/mol. The largest absolute Gasteiger partial charge is 2.00 e. The van der Waals surface area contributed by atoms with E-state index in [-0.39, 0.29) is 80.2 Å². The molecule has 0 atom stereocenters. The van der Waals surface area contributed by atoms with E-state index in [1.54, 1.807) is 0 Å². The number of aliphatic carboxylic acids is 1.